The molecular formula is C69H134O17P2. The van der Waals surface area contributed by atoms with Gasteiger partial charge in [0, 0.05) is 25.7 Å². The summed E-state index contributed by atoms with van der Waals surface area (Å²) in [5.41, 5.74) is 0. The molecule has 17 nitrogen and oxygen atoms in total. The number of aliphatic hydroxyl groups excluding tert-OH is 1. The second-order valence-electron chi connectivity index (χ2n) is 25.4. The quantitative estimate of drug-likeness (QED) is 0.0222. The van der Waals surface area contributed by atoms with Gasteiger partial charge in [0.1, 0.15) is 19.3 Å². The highest BCUT2D eigenvalue weighted by Gasteiger charge is 2.30. The molecule has 88 heavy (non-hydrogen) atoms. The van der Waals surface area contributed by atoms with Crippen molar-refractivity contribution >= 4 is 39.5 Å². The summed E-state index contributed by atoms with van der Waals surface area (Å²) in [6, 6.07) is 0. The fourth-order valence-electron chi connectivity index (χ4n) is 10.5. The molecule has 0 aromatic rings. The Morgan fingerprint density at radius 3 is 0.773 bits per heavy atom. The fraction of sp³-hybridized carbons (Fsp3) is 0.942. The lowest BCUT2D eigenvalue weighted by Gasteiger charge is -2.21. The third-order valence-electron chi connectivity index (χ3n) is 16.0. The first kappa shape index (κ1) is 86.1. The van der Waals surface area contributed by atoms with Crippen LogP contribution in [-0.2, 0) is 65.4 Å². The summed E-state index contributed by atoms with van der Waals surface area (Å²) >= 11 is 0. The molecule has 0 saturated heterocycles. The maximum Gasteiger partial charge on any atom is 0.472 e. The van der Waals surface area contributed by atoms with E-state index >= 15 is 0 Å². The van der Waals surface area contributed by atoms with Crippen molar-refractivity contribution in [1.29, 1.82) is 0 Å². The number of hydrogen-bond donors (Lipinski definition) is 3. The molecule has 0 bridgehead atoms. The fourth-order valence-corrected chi connectivity index (χ4v) is 12.0. The Hall–Kier alpha value is -1.94. The molecule has 0 aliphatic carbocycles. The zero-order valence-electron chi connectivity index (χ0n) is 56.9. The van der Waals surface area contributed by atoms with Crippen molar-refractivity contribution in [1.82, 2.24) is 0 Å². The number of ether oxygens (including phenoxy) is 4. The Morgan fingerprint density at radius 2 is 0.523 bits per heavy atom. The van der Waals surface area contributed by atoms with Crippen LogP contribution < -0.4 is 0 Å². The van der Waals surface area contributed by atoms with Crippen molar-refractivity contribution in [2.45, 2.75) is 374 Å². The maximum absolute atomic E-state index is 13.0. The molecule has 3 N–H and O–H groups in total. The lowest BCUT2D eigenvalue weighted by Crippen LogP contribution is -2.30. The molecule has 522 valence electrons. The van der Waals surface area contributed by atoms with E-state index in [0.29, 0.717) is 25.7 Å². The van der Waals surface area contributed by atoms with Crippen LogP contribution in [-0.4, -0.2) is 96.7 Å². The first-order valence-corrected chi connectivity index (χ1v) is 39.1. The molecule has 0 saturated carbocycles. The first-order valence-electron chi connectivity index (χ1n) is 36.1. The first-order chi connectivity index (χ1) is 42.5. The lowest BCUT2D eigenvalue weighted by atomic mass is 10.0. The summed E-state index contributed by atoms with van der Waals surface area (Å²) < 4.78 is 68.2. The van der Waals surface area contributed by atoms with Crippen LogP contribution in [0, 0.1) is 5.92 Å². The Bertz CT molecular complexity index is 1700. The third-order valence-corrected chi connectivity index (χ3v) is 17.9. The number of carbonyl (C=O) groups excluding carboxylic acids is 4. The number of rotatable bonds is 69. The van der Waals surface area contributed by atoms with Gasteiger partial charge in [0.05, 0.1) is 26.4 Å². The van der Waals surface area contributed by atoms with Crippen LogP contribution in [0.4, 0.5) is 0 Å². The zero-order valence-corrected chi connectivity index (χ0v) is 58.6. The minimum absolute atomic E-state index is 0.107. The Balaban J connectivity index is 5.25. The molecule has 5 atom stereocenters. The van der Waals surface area contributed by atoms with E-state index in [9.17, 15) is 43.2 Å². The van der Waals surface area contributed by atoms with Crippen LogP contribution in [0.5, 0.6) is 0 Å². The van der Waals surface area contributed by atoms with E-state index in [4.69, 9.17) is 37.0 Å². The molecule has 0 aromatic heterocycles. The second-order valence-corrected chi connectivity index (χ2v) is 28.3. The van der Waals surface area contributed by atoms with Gasteiger partial charge in [-0.15, -0.1) is 0 Å². The van der Waals surface area contributed by atoms with E-state index in [-0.39, 0.29) is 25.7 Å². The molecular weight excluding hydrogens is 1160 g/mol. The van der Waals surface area contributed by atoms with Crippen LogP contribution in [0.25, 0.3) is 0 Å². The molecule has 0 aromatic carbocycles. The number of esters is 4. The van der Waals surface area contributed by atoms with E-state index in [1.807, 2.05) is 0 Å². The Labute approximate surface area is 537 Å². The molecule has 2 unspecified atom stereocenters. The monoisotopic (exact) mass is 1300 g/mol. The molecule has 0 spiro atoms. The Kier molecular flexibility index (Phi) is 61.1. The average Bonchev–Trinajstić information content (AvgIpc) is 3.60. The molecule has 0 rings (SSSR count). The van der Waals surface area contributed by atoms with Crippen molar-refractivity contribution in [2.24, 2.45) is 5.92 Å². The largest absolute Gasteiger partial charge is 0.472 e. The van der Waals surface area contributed by atoms with Gasteiger partial charge in [0.25, 0.3) is 0 Å². The zero-order chi connectivity index (χ0) is 64.9. The van der Waals surface area contributed by atoms with Gasteiger partial charge in [-0.2, -0.15) is 0 Å². The van der Waals surface area contributed by atoms with Gasteiger partial charge >= 0.3 is 39.5 Å². The van der Waals surface area contributed by atoms with Crippen molar-refractivity contribution in [3.63, 3.8) is 0 Å². The maximum atomic E-state index is 13.0. The van der Waals surface area contributed by atoms with Gasteiger partial charge in [-0.25, -0.2) is 9.13 Å². The van der Waals surface area contributed by atoms with Crippen LogP contribution in [0.2, 0.25) is 0 Å². The van der Waals surface area contributed by atoms with Crippen LogP contribution in [0.3, 0.4) is 0 Å². The highest BCUT2D eigenvalue weighted by Crippen LogP contribution is 2.45. The van der Waals surface area contributed by atoms with E-state index < -0.39 is 97.5 Å². The molecule has 0 radical (unpaired) electrons. The van der Waals surface area contributed by atoms with Gasteiger partial charge in [-0.3, -0.25) is 37.3 Å². The van der Waals surface area contributed by atoms with Crippen LogP contribution in [0.1, 0.15) is 356 Å². The summed E-state index contributed by atoms with van der Waals surface area (Å²) in [4.78, 5) is 72.5. The van der Waals surface area contributed by atoms with Crippen molar-refractivity contribution in [3.8, 4) is 0 Å². The highest BCUT2D eigenvalue weighted by atomic mass is 31.2. The summed E-state index contributed by atoms with van der Waals surface area (Å²) in [5, 5.41) is 10.6. The SMILES string of the molecule is CCCCCCCCCCCCCCCCC(=O)O[C@H](COC(=O)CCCCCCCCCCCC(C)C)COP(=O)(O)OC[C@@H](O)COP(=O)(O)OC[C@@H](COC(=O)CCCCCCCCCCCCC)OC(=O)CCCCCCCCCCCCC. The van der Waals surface area contributed by atoms with Crippen molar-refractivity contribution in [2.75, 3.05) is 39.6 Å². The summed E-state index contributed by atoms with van der Waals surface area (Å²) in [6.45, 7) is 7.22. The smallest absolute Gasteiger partial charge is 0.462 e. The predicted molar refractivity (Wildman–Crippen MR) is 354 cm³/mol. The minimum Gasteiger partial charge on any atom is -0.462 e. The van der Waals surface area contributed by atoms with Gasteiger partial charge in [0.15, 0.2) is 12.2 Å². The minimum atomic E-state index is -4.95. The summed E-state index contributed by atoms with van der Waals surface area (Å²) in [5.74, 6) is -1.38. The number of phosphoric ester groups is 2. The molecule has 0 aliphatic rings. The van der Waals surface area contributed by atoms with Crippen molar-refractivity contribution in [3.05, 3.63) is 0 Å². The summed E-state index contributed by atoms with van der Waals surface area (Å²) in [6.07, 6.45) is 48.4. The van der Waals surface area contributed by atoms with Gasteiger partial charge < -0.3 is 33.8 Å². The standard InChI is InChI=1S/C69H134O17P2/c1-6-9-12-15-18-21-24-25-26-29-34-40-45-50-55-69(74)86-65(59-80-67(72)53-48-43-38-35-30-31-36-41-46-51-62(4)5)61-84-88(77,78)82-57-63(70)56-81-87(75,76)83-60-64(85-68(73)54-49-44-39-33-28-23-20-17-14-11-8-3)58-79-66(71)52-47-42-37-32-27-22-19-16-13-10-7-2/h62-65,70H,6-61H2,1-5H3,(H,75,76)(H,77,78)/t63-,64+,65+/m0/s1. The van der Waals surface area contributed by atoms with Crippen LogP contribution in [0.15, 0.2) is 0 Å². The highest BCUT2D eigenvalue weighted by molar-refractivity contribution is 7.47. The van der Waals surface area contributed by atoms with E-state index in [1.54, 1.807) is 0 Å². The van der Waals surface area contributed by atoms with Crippen molar-refractivity contribution < 1.29 is 80.2 Å². The molecule has 0 aliphatic heterocycles. The molecule has 19 heteroatoms. The summed E-state index contributed by atoms with van der Waals surface area (Å²) in [7, 11) is -9.89. The van der Waals surface area contributed by atoms with Gasteiger partial charge in [-0.05, 0) is 31.6 Å². The lowest BCUT2D eigenvalue weighted by molar-refractivity contribution is -0.161. The normalized spacial score (nSPS) is 14.1. The van der Waals surface area contributed by atoms with E-state index in [1.165, 1.54) is 180 Å². The van der Waals surface area contributed by atoms with E-state index in [0.717, 1.165) is 95.8 Å². The van der Waals surface area contributed by atoms with E-state index in [2.05, 4.69) is 34.6 Å². The average molecular weight is 1300 g/mol. The molecule has 0 fully saturated rings. The predicted octanol–water partition coefficient (Wildman–Crippen LogP) is 19.7. The topological polar surface area (TPSA) is 237 Å². The number of unbranched alkanes of at least 4 members (excludes halogenated alkanes) is 41. The molecule has 0 amide bonds. The second kappa shape index (κ2) is 62.5. The number of hydrogen-bond acceptors (Lipinski definition) is 15. The third kappa shape index (κ3) is 62.8. The Morgan fingerprint density at radius 1 is 0.307 bits per heavy atom. The number of phosphoric acid groups is 2. The van der Waals surface area contributed by atoms with Gasteiger partial charge in [0.2, 0.25) is 0 Å². The number of aliphatic hydroxyl groups is 1. The number of carbonyl (C=O) groups is 4. The van der Waals surface area contributed by atoms with Crippen LogP contribution >= 0.6 is 15.6 Å². The molecule has 0 heterocycles. The van der Waals surface area contributed by atoms with Gasteiger partial charge in [-0.1, -0.05) is 304 Å².